The summed E-state index contributed by atoms with van der Waals surface area (Å²) in [4.78, 5) is 4.82. The summed E-state index contributed by atoms with van der Waals surface area (Å²) < 4.78 is 0. The maximum absolute atomic E-state index is 8.90. The van der Waals surface area contributed by atoms with Crippen molar-refractivity contribution in [2.45, 2.75) is 13.5 Å². The second kappa shape index (κ2) is 6.15. The summed E-state index contributed by atoms with van der Waals surface area (Å²) in [5, 5.41) is 8.90. The SMILES string of the molecule is Cc1ccccc1CN1CCN(CCO)CC1. The molecule has 0 unspecified atom stereocenters. The van der Waals surface area contributed by atoms with Gasteiger partial charge in [-0.3, -0.25) is 9.80 Å². The number of aryl methyl sites for hydroxylation is 1. The first-order chi connectivity index (χ1) is 8.29. The molecule has 0 radical (unpaired) electrons. The van der Waals surface area contributed by atoms with E-state index in [-0.39, 0.29) is 6.61 Å². The highest BCUT2D eigenvalue weighted by atomic mass is 16.3. The number of aliphatic hydroxyl groups is 1. The average Bonchev–Trinajstić information content (AvgIpc) is 2.35. The molecule has 17 heavy (non-hydrogen) atoms. The van der Waals surface area contributed by atoms with E-state index in [0.29, 0.717) is 0 Å². The number of rotatable bonds is 4. The zero-order valence-electron chi connectivity index (χ0n) is 10.6. The van der Waals surface area contributed by atoms with Crippen molar-refractivity contribution in [3.63, 3.8) is 0 Å². The molecule has 1 N–H and O–H groups in total. The molecule has 0 amide bonds. The molecule has 1 aliphatic rings. The van der Waals surface area contributed by atoms with Crippen LogP contribution in [0.15, 0.2) is 24.3 Å². The molecule has 0 aliphatic carbocycles. The second-order valence-corrected chi connectivity index (χ2v) is 4.77. The highest BCUT2D eigenvalue weighted by molar-refractivity contribution is 5.25. The monoisotopic (exact) mass is 234 g/mol. The van der Waals surface area contributed by atoms with Gasteiger partial charge in [-0.1, -0.05) is 24.3 Å². The van der Waals surface area contributed by atoms with Crippen molar-refractivity contribution in [3.05, 3.63) is 35.4 Å². The van der Waals surface area contributed by atoms with Crippen molar-refractivity contribution in [1.82, 2.24) is 9.80 Å². The van der Waals surface area contributed by atoms with E-state index in [4.69, 9.17) is 5.11 Å². The normalized spacial score (nSPS) is 18.5. The first-order valence-corrected chi connectivity index (χ1v) is 6.39. The van der Waals surface area contributed by atoms with Gasteiger partial charge in [0.25, 0.3) is 0 Å². The van der Waals surface area contributed by atoms with Crippen molar-refractivity contribution in [1.29, 1.82) is 0 Å². The van der Waals surface area contributed by atoms with Crippen LogP contribution in [0.5, 0.6) is 0 Å². The molecule has 0 bridgehead atoms. The molecular formula is C14H22N2O. The van der Waals surface area contributed by atoms with Crippen LogP contribution in [-0.4, -0.2) is 54.2 Å². The smallest absolute Gasteiger partial charge is 0.0558 e. The first kappa shape index (κ1) is 12.6. The van der Waals surface area contributed by atoms with Crippen molar-refractivity contribution < 1.29 is 5.11 Å². The Morgan fingerprint density at radius 2 is 1.71 bits per heavy atom. The van der Waals surface area contributed by atoms with E-state index >= 15 is 0 Å². The molecular weight excluding hydrogens is 212 g/mol. The molecule has 0 aromatic heterocycles. The molecule has 1 aromatic carbocycles. The van der Waals surface area contributed by atoms with Crippen LogP contribution < -0.4 is 0 Å². The standard InChI is InChI=1S/C14H22N2O/c1-13-4-2-3-5-14(13)12-16-8-6-15(7-9-16)10-11-17/h2-5,17H,6-12H2,1H3. The number of nitrogens with zero attached hydrogens (tertiary/aromatic N) is 2. The van der Waals surface area contributed by atoms with Gasteiger partial charge < -0.3 is 5.11 Å². The predicted octanol–water partition coefficient (Wildman–Crippen LogP) is 1.10. The number of benzene rings is 1. The van der Waals surface area contributed by atoms with Gasteiger partial charge in [0.05, 0.1) is 6.61 Å². The zero-order valence-corrected chi connectivity index (χ0v) is 10.6. The van der Waals surface area contributed by atoms with Crippen LogP contribution in [-0.2, 0) is 6.54 Å². The molecule has 0 spiro atoms. The lowest BCUT2D eigenvalue weighted by molar-refractivity contribution is 0.108. The van der Waals surface area contributed by atoms with Crippen LogP contribution in [0.4, 0.5) is 0 Å². The van der Waals surface area contributed by atoms with E-state index in [1.54, 1.807) is 0 Å². The lowest BCUT2D eigenvalue weighted by atomic mass is 10.1. The minimum atomic E-state index is 0.276. The van der Waals surface area contributed by atoms with Gasteiger partial charge in [0, 0.05) is 39.3 Å². The average molecular weight is 234 g/mol. The Kier molecular flexibility index (Phi) is 4.54. The minimum Gasteiger partial charge on any atom is -0.395 e. The Bertz CT molecular complexity index is 346. The molecule has 3 heteroatoms. The van der Waals surface area contributed by atoms with Gasteiger partial charge in [0.1, 0.15) is 0 Å². The molecule has 2 rings (SSSR count). The summed E-state index contributed by atoms with van der Waals surface area (Å²) in [5.74, 6) is 0. The maximum Gasteiger partial charge on any atom is 0.0558 e. The van der Waals surface area contributed by atoms with Gasteiger partial charge >= 0.3 is 0 Å². The van der Waals surface area contributed by atoms with Crippen molar-refractivity contribution in [2.75, 3.05) is 39.3 Å². The Balaban J connectivity index is 1.84. The molecule has 1 aromatic rings. The van der Waals surface area contributed by atoms with E-state index in [1.165, 1.54) is 11.1 Å². The molecule has 94 valence electrons. The van der Waals surface area contributed by atoms with Crippen LogP contribution in [0.2, 0.25) is 0 Å². The van der Waals surface area contributed by atoms with E-state index in [0.717, 1.165) is 39.3 Å². The molecule has 3 nitrogen and oxygen atoms in total. The first-order valence-electron chi connectivity index (χ1n) is 6.39. The molecule has 1 aliphatic heterocycles. The molecule has 1 fully saturated rings. The lowest BCUT2D eigenvalue weighted by Crippen LogP contribution is -2.46. The highest BCUT2D eigenvalue weighted by Crippen LogP contribution is 2.12. The third-order valence-corrected chi connectivity index (χ3v) is 3.54. The van der Waals surface area contributed by atoms with Crippen molar-refractivity contribution in [2.24, 2.45) is 0 Å². The lowest BCUT2D eigenvalue weighted by Gasteiger charge is -2.34. The third-order valence-electron chi connectivity index (χ3n) is 3.54. The largest absolute Gasteiger partial charge is 0.395 e. The van der Waals surface area contributed by atoms with Crippen LogP contribution in [0.3, 0.4) is 0 Å². The van der Waals surface area contributed by atoms with Crippen molar-refractivity contribution in [3.8, 4) is 0 Å². The van der Waals surface area contributed by atoms with Crippen LogP contribution in [0.25, 0.3) is 0 Å². The maximum atomic E-state index is 8.90. The number of β-amino-alcohol motifs (C(OH)–C–C–N with tert-alkyl or cyclic N) is 1. The number of aliphatic hydroxyl groups excluding tert-OH is 1. The van der Waals surface area contributed by atoms with E-state index in [1.807, 2.05) is 0 Å². The Labute approximate surface area is 104 Å². The third kappa shape index (κ3) is 3.53. The van der Waals surface area contributed by atoms with E-state index in [2.05, 4.69) is 41.0 Å². The van der Waals surface area contributed by atoms with Gasteiger partial charge in [0.2, 0.25) is 0 Å². The Morgan fingerprint density at radius 1 is 1.06 bits per heavy atom. The summed E-state index contributed by atoms with van der Waals surface area (Å²) in [6.45, 7) is 8.69. The number of piperazine rings is 1. The van der Waals surface area contributed by atoms with Gasteiger partial charge in [0.15, 0.2) is 0 Å². The van der Waals surface area contributed by atoms with Gasteiger partial charge in [-0.05, 0) is 18.1 Å². The second-order valence-electron chi connectivity index (χ2n) is 4.77. The molecule has 1 heterocycles. The fraction of sp³-hybridized carbons (Fsp3) is 0.571. The fourth-order valence-corrected chi connectivity index (χ4v) is 2.34. The van der Waals surface area contributed by atoms with E-state index in [9.17, 15) is 0 Å². The zero-order chi connectivity index (χ0) is 12.1. The summed E-state index contributed by atoms with van der Waals surface area (Å²) in [6.07, 6.45) is 0. The molecule has 0 atom stereocenters. The van der Waals surface area contributed by atoms with Crippen LogP contribution >= 0.6 is 0 Å². The Morgan fingerprint density at radius 3 is 2.35 bits per heavy atom. The van der Waals surface area contributed by atoms with Crippen LogP contribution in [0.1, 0.15) is 11.1 Å². The summed E-state index contributed by atoms with van der Waals surface area (Å²) in [5.41, 5.74) is 2.81. The van der Waals surface area contributed by atoms with Gasteiger partial charge in [-0.2, -0.15) is 0 Å². The Hall–Kier alpha value is -0.900. The number of hydrogen-bond donors (Lipinski definition) is 1. The molecule has 1 saturated heterocycles. The summed E-state index contributed by atoms with van der Waals surface area (Å²) >= 11 is 0. The highest BCUT2D eigenvalue weighted by Gasteiger charge is 2.16. The van der Waals surface area contributed by atoms with Gasteiger partial charge in [-0.15, -0.1) is 0 Å². The quantitative estimate of drug-likeness (QED) is 0.845. The number of hydrogen-bond acceptors (Lipinski definition) is 3. The summed E-state index contributed by atoms with van der Waals surface area (Å²) in [6, 6.07) is 8.61. The van der Waals surface area contributed by atoms with Gasteiger partial charge in [-0.25, -0.2) is 0 Å². The van der Waals surface area contributed by atoms with Crippen molar-refractivity contribution >= 4 is 0 Å². The topological polar surface area (TPSA) is 26.7 Å². The predicted molar refractivity (Wildman–Crippen MR) is 70.0 cm³/mol. The minimum absolute atomic E-state index is 0.276. The van der Waals surface area contributed by atoms with E-state index < -0.39 is 0 Å². The fourth-order valence-electron chi connectivity index (χ4n) is 2.34. The molecule has 0 saturated carbocycles. The van der Waals surface area contributed by atoms with Crippen LogP contribution in [0, 0.1) is 6.92 Å². The summed E-state index contributed by atoms with van der Waals surface area (Å²) in [7, 11) is 0.